The van der Waals surface area contributed by atoms with E-state index in [4.69, 9.17) is 16.7 Å². The average Bonchev–Trinajstić information content (AvgIpc) is 2.45. The molecule has 1 aromatic heterocycles. The second-order valence-electron chi connectivity index (χ2n) is 3.21. The number of rotatable bonds is 2. The molecule has 1 heterocycles. The van der Waals surface area contributed by atoms with Gasteiger partial charge in [0.2, 0.25) is 0 Å². The fraction of sp³-hybridized carbons (Fsp3) is 0.333. The lowest BCUT2D eigenvalue weighted by Gasteiger charge is -2.02. The Hall–Kier alpha value is -1.96. The van der Waals surface area contributed by atoms with Crippen molar-refractivity contribution in [2.24, 2.45) is 10.7 Å². The number of nitrogens with zero attached hydrogens (tertiary/aromatic N) is 2. The topological polar surface area (TPSA) is 104 Å². The highest BCUT2D eigenvalue weighted by molar-refractivity contribution is 6.03. The van der Waals surface area contributed by atoms with Gasteiger partial charge in [-0.05, 0) is 13.8 Å². The Morgan fingerprint density at radius 1 is 1.64 bits per heavy atom. The van der Waals surface area contributed by atoms with E-state index in [2.05, 4.69) is 9.98 Å². The van der Waals surface area contributed by atoms with Gasteiger partial charge in [0.1, 0.15) is 17.7 Å². The van der Waals surface area contributed by atoms with E-state index in [9.17, 15) is 0 Å². The third-order valence-corrected chi connectivity index (χ3v) is 1.68. The quantitative estimate of drug-likeness (QED) is 0.470. The number of aliphatic imine (C=N–C) groups is 1. The molecule has 0 radical (unpaired) electrons. The number of anilines is 1. The van der Waals surface area contributed by atoms with Crippen LogP contribution in [-0.4, -0.2) is 16.9 Å². The molecule has 0 aliphatic rings. The van der Waals surface area contributed by atoms with Crippen LogP contribution in [0.4, 0.5) is 5.82 Å². The lowest BCUT2D eigenvalue weighted by Crippen LogP contribution is -2.17. The molecule has 5 nitrogen and oxygen atoms in total. The van der Waals surface area contributed by atoms with Crippen LogP contribution in [0.3, 0.4) is 0 Å². The van der Waals surface area contributed by atoms with Crippen LogP contribution in [-0.2, 0) is 0 Å². The summed E-state index contributed by atoms with van der Waals surface area (Å²) in [5, 5.41) is 8.78. The second-order valence-corrected chi connectivity index (χ2v) is 3.21. The molecule has 0 saturated heterocycles. The summed E-state index contributed by atoms with van der Waals surface area (Å²) in [4.78, 5) is 6.87. The summed E-state index contributed by atoms with van der Waals surface area (Å²) in [6.07, 6.45) is 1.52. The fourth-order valence-corrected chi connectivity index (χ4v) is 1.15. The lowest BCUT2D eigenvalue weighted by molar-refractivity contribution is 0.834. The molecule has 14 heavy (non-hydrogen) atoms. The first-order chi connectivity index (χ1) is 6.56. The van der Waals surface area contributed by atoms with Crippen LogP contribution < -0.4 is 11.5 Å². The molecule has 5 N–H and O–H groups in total. The molecule has 0 unspecified atom stereocenters. The zero-order valence-electron chi connectivity index (χ0n) is 8.20. The van der Waals surface area contributed by atoms with Gasteiger partial charge in [0.05, 0.1) is 11.1 Å². The van der Waals surface area contributed by atoms with Gasteiger partial charge in [0.25, 0.3) is 0 Å². The van der Waals surface area contributed by atoms with Crippen molar-refractivity contribution < 1.29 is 0 Å². The summed E-state index contributed by atoms with van der Waals surface area (Å²) in [5.74, 6) is 0.679. The molecule has 1 aromatic rings. The molecule has 5 heteroatoms. The molecule has 0 aliphatic carbocycles. The minimum atomic E-state index is 0.0795. The number of amidine groups is 1. The van der Waals surface area contributed by atoms with E-state index in [1.165, 1.54) is 6.20 Å². The molecule has 0 amide bonds. The Morgan fingerprint density at radius 3 is 2.79 bits per heavy atom. The molecular formula is C9H13N5. The fourth-order valence-electron chi connectivity index (χ4n) is 1.15. The van der Waals surface area contributed by atoms with Gasteiger partial charge in [-0.1, -0.05) is 0 Å². The van der Waals surface area contributed by atoms with Crippen molar-refractivity contribution in [3.05, 3.63) is 17.3 Å². The third-order valence-electron chi connectivity index (χ3n) is 1.68. The normalized spacial score (nSPS) is 11.7. The molecule has 0 aliphatic heterocycles. The zero-order valence-corrected chi connectivity index (χ0v) is 8.20. The number of nitriles is 1. The minimum absolute atomic E-state index is 0.0795. The maximum absolute atomic E-state index is 8.78. The van der Waals surface area contributed by atoms with E-state index in [1.807, 2.05) is 19.9 Å². The van der Waals surface area contributed by atoms with Gasteiger partial charge >= 0.3 is 0 Å². The van der Waals surface area contributed by atoms with Gasteiger partial charge in [-0.15, -0.1) is 0 Å². The molecule has 0 fully saturated rings. The van der Waals surface area contributed by atoms with Crippen LogP contribution in [0.15, 0.2) is 11.2 Å². The van der Waals surface area contributed by atoms with Crippen LogP contribution in [0.2, 0.25) is 0 Å². The Morgan fingerprint density at radius 2 is 2.29 bits per heavy atom. The van der Waals surface area contributed by atoms with Crippen molar-refractivity contribution in [2.75, 3.05) is 5.73 Å². The van der Waals surface area contributed by atoms with Gasteiger partial charge in [-0.25, -0.2) is 0 Å². The molecular weight excluding hydrogens is 178 g/mol. The Balaban J connectivity index is 3.19. The smallest absolute Gasteiger partial charge is 0.130 e. The van der Waals surface area contributed by atoms with Crippen LogP contribution in [0, 0.1) is 11.3 Å². The summed E-state index contributed by atoms with van der Waals surface area (Å²) < 4.78 is 0. The van der Waals surface area contributed by atoms with Gasteiger partial charge in [-0.2, -0.15) is 5.26 Å². The largest absolute Gasteiger partial charge is 0.385 e. The van der Waals surface area contributed by atoms with E-state index in [-0.39, 0.29) is 6.04 Å². The third kappa shape index (κ3) is 1.85. The number of hydrogen-bond acceptors (Lipinski definition) is 3. The molecule has 0 saturated carbocycles. The average molecular weight is 191 g/mol. The minimum Gasteiger partial charge on any atom is -0.385 e. The molecule has 0 spiro atoms. The molecule has 0 bridgehead atoms. The van der Waals surface area contributed by atoms with Crippen molar-refractivity contribution >= 4 is 11.7 Å². The standard InChI is InChI=1S/C9H13N5/c1-5(2)14-9(12)7-6(3-10)4-13-8(7)11/h4-5,13H,11H2,1-2H3,(H2,12,14). The predicted molar refractivity (Wildman–Crippen MR) is 55.8 cm³/mol. The van der Waals surface area contributed by atoms with Crippen molar-refractivity contribution in [3.63, 3.8) is 0 Å². The zero-order chi connectivity index (χ0) is 10.7. The molecule has 1 rings (SSSR count). The monoisotopic (exact) mass is 191 g/mol. The van der Waals surface area contributed by atoms with Crippen molar-refractivity contribution in [2.45, 2.75) is 19.9 Å². The van der Waals surface area contributed by atoms with Crippen molar-refractivity contribution in [1.29, 1.82) is 5.26 Å². The summed E-state index contributed by atoms with van der Waals surface area (Å²) in [7, 11) is 0. The van der Waals surface area contributed by atoms with Gasteiger partial charge in [-0.3, -0.25) is 4.99 Å². The van der Waals surface area contributed by atoms with E-state index in [1.54, 1.807) is 0 Å². The Bertz CT molecular complexity index is 394. The van der Waals surface area contributed by atoms with Crippen LogP contribution >= 0.6 is 0 Å². The Labute approximate surface area is 82.4 Å². The highest BCUT2D eigenvalue weighted by Crippen LogP contribution is 2.14. The SMILES string of the molecule is CC(C)N=C(N)c1c(C#N)c[nH]c1N. The van der Waals surface area contributed by atoms with Crippen LogP contribution in [0.25, 0.3) is 0 Å². The molecule has 0 aromatic carbocycles. The highest BCUT2D eigenvalue weighted by Gasteiger charge is 2.12. The number of nitrogens with one attached hydrogen (secondary N) is 1. The van der Waals surface area contributed by atoms with Crippen molar-refractivity contribution in [3.8, 4) is 6.07 Å². The van der Waals surface area contributed by atoms with Crippen LogP contribution in [0.5, 0.6) is 0 Å². The first-order valence-electron chi connectivity index (χ1n) is 4.26. The number of hydrogen-bond donors (Lipinski definition) is 3. The molecule has 74 valence electrons. The summed E-state index contributed by atoms with van der Waals surface area (Å²) in [5.41, 5.74) is 12.3. The van der Waals surface area contributed by atoms with E-state index in [0.29, 0.717) is 22.8 Å². The summed E-state index contributed by atoms with van der Waals surface area (Å²) in [6.45, 7) is 3.81. The van der Waals surface area contributed by atoms with E-state index in [0.717, 1.165) is 0 Å². The maximum Gasteiger partial charge on any atom is 0.130 e. The maximum atomic E-state index is 8.78. The van der Waals surface area contributed by atoms with E-state index < -0.39 is 0 Å². The first kappa shape index (κ1) is 10.1. The number of aromatic amines is 1. The summed E-state index contributed by atoms with van der Waals surface area (Å²) >= 11 is 0. The highest BCUT2D eigenvalue weighted by atomic mass is 14.9. The number of nitrogens with two attached hydrogens (primary N) is 2. The van der Waals surface area contributed by atoms with Crippen molar-refractivity contribution in [1.82, 2.24) is 4.98 Å². The Kier molecular flexibility index (Phi) is 2.77. The van der Waals surface area contributed by atoms with E-state index >= 15 is 0 Å². The predicted octanol–water partition coefficient (Wildman–Crippen LogP) is 0.582. The number of H-pyrrole nitrogens is 1. The lowest BCUT2D eigenvalue weighted by atomic mass is 10.2. The number of nitrogen functional groups attached to an aromatic ring is 1. The number of aromatic nitrogens is 1. The van der Waals surface area contributed by atoms with Crippen LogP contribution in [0.1, 0.15) is 25.0 Å². The van der Waals surface area contributed by atoms with Gasteiger partial charge in [0.15, 0.2) is 0 Å². The molecule has 0 atom stereocenters. The summed E-state index contributed by atoms with van der Waals surface area (Å²) in [6, 6.07) is 2.08. The second kappa shape index (κ2) is 3.83. The van der Waals surface area contributed by atoms with Gasteiger partial charge in [0, 0.05) is 12.2 Å². The first-order valence-corrected chi connectivity index (χ1v) is 4.26. The van der Waals surface area contributed by atoms with Gasteiger partial charge < -0.3 is 16.5 Å².